The Morgan fingerprint density at radius 3 is 2.82 bits per heavy atom. The number of rotatable bonds is 1. The molecule has 86 valence electrons. The highest BCUT2D eigenvalue weighted by Gasteiger charge is 2.09. The Kier molecular flexibility index (Phi) is 2.40. The molecule has 2 heterocycles. The minimum atomic E-state index is 0.599. The fourth-order valence-corrected chi connectivity index (χ4v) is 2.45. The van der Waals surface area contributed by atoms with Crippen LogP contribution in [0.3, 0.4) is 0 Å². The molecular weight excluding hydrogens is 206 g/mol. The van der Waals surface area contributed by atoms with Gasteiger partial charge in [0.15, 0.2) is 0 Å². The van der Waals surface area contributed by atoms with E-state index in [1.807, 2.05) is 0 Å². The predicted octanol–water partition coefficient (Wildman–Crippen LogP) is 4.25. The second kappa shape index (κ2) is 3.92. The fraction of sp³-hybridized carbons (Fsp3) is 0.250. The molecule has 0 fully saturated rings. The standard InChI is InChI=1S/C16H17N/c1-12(2)13-7-8-15-11-14-5-3-4-6-16(14)17(15)10-9-13/h3-7,9-12H,8H2,1-2H3. The van der Waals surface area contributed by atoms with E-state index in [4.69, 9.17) is 0 Å². The SMILES string of the molecule is CC(C)C1=CCc2cc3ccccc3n2C=C1. The molecule has 0 bridgehead atoms. The number of para-hydroxylation sites is 1. The van der Waals surface area contributed by atoms with E-state index in [0.717, 1.165) is 6.42 Å². The quantitative estimate of drug-likeness (QED) is 0.681. The number of nitrogens with zero attached hydrogens (tertiary/aromatic N) is 1. The Labute approximate surface area is 102 Å². The molecule has 0 amide bonds. The Morgan fingerprint density at radius 1 is 1.18 bits per heavy atom. The van der Waals surface area contributed by atoms with Crippen molar-refractivity contribution in [1.82, 2.24) is 4.57 Å². The van der Waals surface area contributed by atoms with Crippen LogP contribution in [-0.4, -0.2) is 4.57 Å². The lowest BCUT2D eigenvalue weighted by molar-refractivity contribution is 0.788. The van der Waals surface area contributed by atoms with Crippen LogP contribution in [-0.2, 0) is 6.42 Å². The van der Waals surface area contributed by atoms with Gasteiger partial charge in [0.2, 0.25) is 0 Å². The minimum Gasteiger partial charge on any atom is -0.320 e. The molecule has 0 aliphatic carbocycles. The summed E-state index contributed by atoms with van der Waals surface area (Å²) in [6.45, 7) is 4.49. The predicted molar refractivity (Wildman–Crippen MR) is 73.9 cm³/mol. The maximum absolute atomic E-state index is 2.35. The van der Waals surface area contributed by atoms with Gasteiger partial charge in [0, 0.05) is 23.7 Å². The van der Waals surface area contributed by atoms with Crippen LogP contribution in [0.5, 0.6) is 0 Å². The third-order valence-electron chi connectivity index (χ3n) is 3.46. The zero-order valence-corrected chi connectivity index (χ0v) is 10.4. The molecule has 1 aliphatic heterocycles. The first-order valence-corrected chi connectivity index (χ1v) is 6.23. The second-order valence-electron chi connectivity index (χ2n) is 4.94. The van der Waals surface area contributed by atoms with E-state index in [1.165, 1.54) is 22.2 Å². The summed E-state index contributed by atoms with van der Waals surface area (Å²) in [6.07, 6.45) is 7.82. The fourth-order valence-electron chi connectivity index (χ4n) is 2.45. The summed E-state index contributed by atoms with van der Waals surface area (Å²) in [5.41, 5.74) is 4.10. The highest BCUT2D eigenvalue weighted by Crippen LogP contribution is 2.25. The van der Waals surface area contributed by atoms with Crippen LogP contribution in [0.4, 0.5) is 0 Å². The molecule has 0 saturated carbocycles. The molecular formula is C16H17N. The summed E-state index contributed by atoms with van der Waals surface area (Å²) < 4.78 is 2.31. The smallest absolute Gasteiger partial charge is 0.0525 e. The molecule has 3 rings (SSSR count). The van der Waals surface area contributed by atoms with Crippen molar-refractivity contribution in [3.05, 3.63) is 53.8 Å². The molecule has 0 spiro atoms. The minimum absolute atomic E-state index is 0.599. The Hall–Kier alpha value is -1.76. The van der Waals surface area contributed by atoms with Gasteiger partial charge in [-0.15, -0.1) is 0 Å². The third-order valence-corrected chi connectivity index (χ3v) is 3.46. The highest BCUT2D eigenvalue weighted by molar-refractivity contribution is 5.83. The van der Waals surface area contributed by atoms with Gasteiger partial charge in [-0.05, 0) is 29.7 Å². The molecule has 0 unspecified atom stereocenters. The van der Waals surface area contributed by atoms with Gasteiger partial charge < -0.3 is 4.57 Å². The normalized spacial score (nSPS) is 14.9. The van der Waals surface area contributed by atoms with E-state index in [1.54, 1.807) is 0 Å². The molecule has 17 heavy (non-hydrogen) atoms. The van der Waals surface area contributed by atoms with Gasteiger partial charge in [0.05, 0.1) is 5.52 Å². The Morgan fingerprint density at radius 2 is 2.00 bits per heavy atom. The number of fused-ring (bicyclic) bond motifs is 3. The van der Waals surface area contributed by atoms with Crippen LogP contribution >= 0.6 is 0 Å². The number of hydrogen-bond acceptors (Lipinski definition) is 0. The summed E-state index contributed by atoms with van der Waals surface area (Å²) >= 11 is 0. The molecule has 1 aromatic carbocycles. The molecule has 1 aliphatic rings. The van der Waals surface area contributed by atoms with Crippen molar-refractivity contribution in [3.63, 3.8) is 0 Å². The maximum Gasteiger partial charge on any atom is 0.0525 e. The molecule has 1 aromatic heterocycles. The molecule has 0 radical (unpaired) electrons. The van der Waals surface area contributed by atoms with Gasteiger partial charge in [-0.25, -0.2) is 0 Å². The van der Waals surface area contributed by atoms with Gasteiger partial charge >= 0.3 is 0 Å². The van der Waals surface area contributed by atoms with Crippen molar-refractivity contribution in [2.45, 2.75) is 20.3 Å². The van der Waals surface area contributed by atoms with Crippen LogP contribution < -0.4 is 0 Å². The first-order valence-electron chi connectivity index (χ1n) is 6.23. The average Bonchev–Trinajstić information content (AvgIpc) is 2.53. The number of benzene rings is 1. The average molecular weight is 223 g/mol. The van der Waals surface area contributed by atoms with Crippen molar-refractivity contribution in [3.8, 4) is 0 Å². The number of aromatic nitrogens is 1. The van der Waals surface area contributed by atoms with Crippen LogP contribution in [0.25, 0.3) is 17.1 Å². The summed E-state index contributed by atoms with van der Waals surface area (Å²) in [4.78, 5) is 0. The van der Waals surface area contributed by atoms with Crippen LogP contribution in [0.15, 0.2) is 48.1 Å². The maximum atomic E-state index is 2.35. The van der Waals surface area contributed by atoms with Crippen LogP contribution in [0.1, 0.15) is 19.5 Å². The van der Waals surface area contributed by atoms with Gasteiger partial charge in [0.25, 0.3) is 0 Å². The van der Waals surface area contributed by atoms with Crippen molar-refractivity contribution in [2.24, 2.45) is 5.92 Å². The zero-order valence-electron chi connectivity index (χ0n) is 10.4. The first-order chi connectivity index (χ1) is 8.25. The molecule has 1 heteroatoms. The number of hydrogen-bond donors (Lipinski definition) is 0. The van der Waals surface area contributed by atoms with Gasteiger partial charge in [-0.1, -0.05) is 38.1 Å². The Balaban J connectivity index is 2.14. The van der Waals surface area contributed by atoms with Gasteiger partial charge in [-0.2, -0.15) is 0 Å². The van der Waals surface area contributed by atoms with E-state index < -0.39 is 0 Å². The summed E-state index contributed by atoms with van der Waals surface area (Å²) in [5, 5.41) is 1.33. The third kappa shape index (κ3) is 1.72. The topological polar surface area (TPSA) is 4.93 Å². The molecule has 2 aromatic rings. The molecule has 0 saturated heterocycles. The van der Waals surface area contributed by atoms with E-state index in [0.29, 0.717) is 5.92 Å². The lowest BCUT2D eigenvalue weighted by atomic mass is 10.0. The van der Waals surface area contributed by atoms with E-state index in [9.17, 15) is 0 Å². The monoisotopic (exact) mass is 223 g/mol. The van der Waals surface area contributed by atoms with Crippen molar-refractivity contribution >= 4 is 17.1 Å². The van der Waals surface area contributed by atoms with E-state index >= 15 is 0 Å². The van der Waals surface area contributed by atoms with Crippen molar-refractivity contribution in [2.75, 3.05) is 0 Å². The second-order valence-corrected chi connectivity index (χ2v) is 4.94. The summed E-state index contributed by atoms with van der Waals surface area (Å²) in [6, 6.07) is 10.9. The molecule has 0 atom stereocenters. The Bertz CT molecular complexity index is 611. The molecule has 0 N–H and O–H groups in total. The van der Waals surface area contributed by atoms with E-state index in [-0.39, 0.29) is 0 Å². The lowest BCUT2D eigenvalue weighted by Crippen LogP contribution is -1.91. The summed E-state index contributed by atoms with van der Waals surface area (Å²) in [7, 11) is 0. The first kappa shape index (κ1) is 10.4. The van der Waals surface area contributed by atoms with Crippen LogP contribution in [0, 0.1) is 5.92 Å². The largest absolute Gasteiger partial charge is 0.320 e. The summed E-state index contributed by atoms with van der Waals surface area (Å²) in [5.74, 6) is 0.599. The lowest BCUT2D eigenvalue weighted by Gasteiger charge is -2.03. The number of allylic oxidation sites excluding steroid dienone is 3. The van der Waals surface area contributed by atoms with Crippen LogP contribution in [0.2, 0.25) is 0 Å². The van der Waals surface area contributed by atoms with Gasteiger partial charge in [-0.3, -0.25) is 0 Å². The van der Waals surface area contributed by atoms with Crippen molar-refractivity contribution in [1.29, 1.82) is 0 Å². The van der Waals surface area contributed by atoms with Crippen molar-refractivity contribution < 1.29 is 0 Å². The van der Waals surface area contributed by atoms with E-state index in [2.05, 4.69) is 67.1 Å². The zero-order chi connectivity index (χ0) is 11.8. The van der Waals surface area contributed by atoms with Gasteiger partial charge in [0.1, 0.15) is 0 Å². The molecule has 1 nitrogen and oxygen atoms in total. The highest BCUT2D eigenvalue weighted by atomic mass is 15.0.